The highest BCUT2D eigenvalue weighted by molar-refractivity contribution is 5.93. The minimum atomic E-state index is -0.263. The molecule has 3 aromatic rings. The maximum absolute atomic E-state index is 13.0. The normalized spacial score (nSPS) is 11.0. The van der Waals surface area contributed by atoms with Crippen LogP contribution in [0.25, 0.3) is 5.69 Å². The number of likely N-dealkylation sites (N-methyl/N-ethyl adjacent to an activating group) is 1. The van der Waals surface area contributed by atoms with Crippen LogP contribution in [0.15, 0.2) is 54.6 Å². The van der Waals surface area contributed by atoms with E-state index in [9.17, 15) is 9.18 Å². The second-order valence-corrected chi connectivity index (χ2v) is 6.64. The Hall–Kier alpha value is -2.99. The summed E-state index contributed by atoms with van der Waals surface area (Å²) >= 11 is 0. The molecule has 6 heteroatoms. The molecular formula is C21H23FN4O. The number of nitrogens with zero attached hydrogens (tertiary/aromatic N) is 3. The van der Waals surface area contributed by atoms with Gasteiger partial charge in [0.1, 0.15) is 5.82 Å². The first-order chi connectivity index (χ1) is 12.9. The van der Waals surface area contributed by atoms with Gasteiger partial charge >= 0.3 is 0 Å². The summed E-state index contributed by atoms with van der Waals surface area (Å²) in [5.41, 5.74) is 4.29. The third kappa shape index (κ3) is 4.60. The molecule has 0 saturated carbocycles. The number of hydrogen-bond donors (Lipinski definition) is 1. The second kappa shape index (κ2) is 8.14. The Kier molecular flexibility index (Phi) is 5.66. The molecular weight excluding hydrogens is 343 g/mol. The lowest BCUT2D eigenvalue weighted by molar-refractivity contribution is -0.117. The zero-order chi connectivity index (χ0) is 19.4. The van der Waals surface area contributed by atoms with Gasteiger partial charge in [0.2, 0.25) is 5.91 Å². The zero-order valence-corrected chi connectivity index (χ0v) is 15.7. The number of halogens is 1. The maximum atomic E-state index is 13.0. The molecule has 0 saturated heterocycles. The molecule has 0 unspecified atom stereocenters. The Morgan fingerprint density at radius 1 is 1.11 bits per heavy atom. The molecule has 1 amide bonds. The van der Waals surface area contributed by atoms with Crippen molar-refractivity contribution in [3.8, 4) is 5.69 Å². The van der Waals surface area contributed by atoms with Crippen LogP contribution in [0.1, 0.15) is 17.0 Å². The Morgan fingerprint density at radius 3 is 2.44 bits per heavy atom. The zero-order valence-electron chi connectivity index (χ0n) is 15.7. The van der Waals surface area contributed by atoms with Gasteiger partial charge in [-0.3, -0.25) is 9.69 Å². The maximum Gasteiger partial charge on any atom is 0.238 e. The summed E-state index contributed by atoms with van der Waals surface area (Å²) in [5, 5.41) is 7.51. The lowest BCUT2D eigenvalue weighted by Crippen LogP contribution is -2.30. The predicted octanol–water partition coefficient (Wildman–Crippen LogP) is 3.70. The monoisotopic (exact) mass is 366 g/mol. The molecule has 0 radical (unpaired) electrons. The minimum Gasteiger partial charge on any atom is -0.322 e. The molecule has 0 atom stereocenters. The molecule has 27 heavy (non-hydrogen) atoms. The Morgan fingerprint density at radius 2 is 1.78 bits per heavy atom. The largest absolute Gasteiger partial charge is 0.322 e. The number of benzene rings is 2. The highest BCUT2D eigenvalue weighted by Gasteiger charge is 2.16. The Balaban J connectivity index is 1.65. The van der Waals surface area contributed by atoms with Crippen LogP contribution in [-0.4, -0.2) is 34.2 Å². The molecule has 140 valence electrons. The third-order valence-electron chi connectivity index (χ3n) is 4.34. The smallest absolute Gasteiger partial charge is 0.238 e. The number of nitrogens with one attached hydrogen (secondary N) is 1. The van der Waals surface area contributed by atoms with Gasteiger partial charge in [-0.15, -0.1) is 0 Å². The van der Waals surface area contributed by atoms with Crippen LogP contribution in [0.2, 0.25) is 0 Å². The van der Waals surface area contributed by atoms with Crippen LogP contribution in [-0.2, 0) is 11.3 Å². The van der Waals surface area contributed by atoms with Crippen LogP contribution in [0.5, 0.6) is 0 Å². The summed E-state index contributed by atoms with van der Waals surface area (Å²) in [4.78, 5) is 14.4. The van der Waals surface area contributed by atoms with E-state index in [1.54, 1.807) is 12.1 Å². The van der Waals surface area contributed by atoms with Crippen LogP contribution < -0.4 is 5.32 Å². The van der Waals surface area contributed by atoms with Crippen molar-refractivity contribution < 1.29 is 9.18 Å². The second-order valence-electron chi connectivity index (χ2n) is 6.64. The SMILES string of the molecule is Cc1nn(-c2ccccc2)c(C)c1NC(=O)CN(C)Cc1ccc(F)cc1. The van der Waals surface area contributed by atoms with Crippen LogP contribution >= 0.6 is 0 Å². The van der Waals surface area contributed by atoms with Crippen molar-refractivity contribution >= 4 is 11.6 Å². The van der Waals surface area contributed by atoms with E-state index >= 15 is 0 Å². The van der Waals surface area contributed by atoms with E-state index < -0.39 is 0 Å². The van der Waals surface area contributed by atoms with Crippen molar-refractivity contribution in [1.82, 2.24) is 14.7 Å². The van der Waals surface area contributed by atoms with Crippen LogP contribution in [0, 0.1) is 19.7 Å². The first kappa shape index (κ1) is 18.8. The topological polar surface area (TPSA) is 50.2 Å². The molecule has 0 spiro atoms. The Labute approximate surface area is 158 Å². The lowest BCUT2D eigenvalue weighted by atomic mass is 10.2. The van der Waals surface area contributed by atoms with E-state index in [-0.39, 0.29) is 18.3 Å². The van der Waals surface area contributed by atoms with Crippen molar-refractivity contribution in [2.24, 2.45) is 0 Å². The van der Waals surface area contributed by atoms with Crippen molar-refractivity contribution in [1.29, 1.82) is 0 Å². The standard InChI is InChI=1S/C21H23FN4O/c1-15-21(16(2)26(24-15)19-7-5-4-6-8-19)23-20(27)14-25(3)13-17-9-11-18(22)12-10-17/h4-12H,13-14H2,1-3H3,(H,23,27). The average molecular weight is 366 g/mol. The highest BCUT2D eigenvalue weighted by Crippen LogP contribution is 2.22. The van der Waals surface area contributed by atoms with Crippen molar-refractivity contribution in [3.63, 3.8) is 0 Å². The molecule has 0 aliphatic rings. The summed E-state index contributed by atoms with van der Waals surface area (Å²) < 4.78 is 14.8. The van der Waals surface area contributed by atoms with E-state index in [0.717, 1.165) is 28.3 Å². The van der Waals surface area contributed by atoms with Gasteiger partial charge in [0.25, 0.3) is 0 Å². The molecule has 0 bridgehead atoms. The number of aromatic nitrogens is 2. The van der Waals surface area contributed by atoms with Crippen molar-refractivity contribution in [2.75, 3.05) is 18.9 Å². The molecule has 3 rings (SSSR count). The highest BCUT2D eigenvalue weighted by atomic mass is 19.1. The number of rotatable bonds is 6. The quantitative estimate of drug-likeness (QED) is 0.724. The summed E-state index contributed by atoms with van der Waals surface area (Å²) in [6.45, 7) is 4.61. The van der Waals surface area contributed by atoms with Gasteiger partial charge in [0.05, 0.1) is 29.3 Å². The number of hydrogen-bond acceptors (Lipinski definition) is 3. The van der Waals surface area contributed by atoms with E-state index in [2.05, 4.69) is 10.4 Å². The number of carbonyl (C=O) groups excluding carboxylic acids is 1. The van der Waals surface area contributed by atoms with E-state index in [1.165, 1.54) is 12.1 Å². The van der Waals surface area contributed by atoms with Gasteiger partial charge in [-0.25, -0.2) is 9.07 Å². The molecule has 0 aliphatic heterocycles. The molecule has 0 aliphatic carbocycles. The fourth-order valence-corrected chi connectivity index (χ4v) is 3.03. The molecule has 0 fully saturated rings. The summed E-state index contributed by atoms with van der Waals surface area (Å²) in [7, 11) is 1.86. The molecule has 2 aromatic carbocycles. The Bertz CT molecular complexity index is 919. The summed E-state index contributed by atoms with van der Waals surface area (Å²) in [6, 6.07) is 16.1. The van der Waals surface area contributed by atoms with E-state index in [1.807, 2.05) is 60.8 Å². The van der Waals surface area contributed by atoms with Crippen LogP contribution in [0.4, 0.5) is 10.1 Å². The lowest BCUT2D eigenvalue weighted by Gasteiger charge is -2.16. The molecule has 1 aromatic heterocycles. The first-order valence-corrected chi connectivity index (χ1v) is 8.78. The summed E-state index contributed by atoms with van der Waals surface area (Å²) in [5.74, 6) is -0.376. The van der Waals surface area contributed by atoms with E-state index in [0.29, 0.717) is 6.54 Å². The first-order valence-electron chi connectivity index (χ1n) is 8.78. The average Bonchev–Trinajstić information content (AvgIpc) is 2.92. The summed E-state index contributed by atoms with van der Waals surface area (Å²) in [6.07, 6.45) is 0. The van der Waals surface area contributed by atoms with Gasteiger partial charge in [-0.05, 0) is 50.7 Å². The number of amides is 1. The number of aryl methyl sites for hydroxylation is 1. The van der Waals surface area contributed by atoms with Gasteiger partial charge < -0.3 is 5.32 Å². The van der Waals surface area contributed by atoms with Crippen molar-refractivity contribution in [2.45, 2.75) is 20.4 Å². The number of anilines is 1. The number of carbonyl (C=O) groups is 1. The fourth-order valence-electron chi connectivity index (χ4n) is 3.03. The predicted molar refractivity (Wildman–Crippen MR) is 104 cm³/mol. The molecule has 1 N–H and O–H groups in total. The third-order valence-corrected chi connectivity index (χ3v) is 4.34. The van der Waals surface area contributed by atoms with Gasteiger partial charge in [-0.2, -0.15) is 5.10 Å². The fraction of sp³-hybridized carbons (Fsp3) is 0.238. The van der Waals surface area contributed by atoms with Gasteiger partial charge in [0.15, 0.2) is 0 Å². The molecule has 1 heterocycles. The van der Waals surface area contributed by atoms with Gasteiger partial charge in [0, 0.05) is 6.54 Å². The molecule has 5 nitrogen and oxygen atoms in total. The van der Waals surface area contributed by atoms with Gasteiger partial charge in [-0.1, -0.05) is 30.3 Å². The van der Waals surface area contributed by atoms with Crippen molar-refractivity contribution in [3.05, 3.63) is 77.4 Å². The van der Waals surface area contributed by atoms with E-state index in [4.69, 9.17) is 0 Å². The van der Waals surface area contributed by atoms with Crippen LogP contribution in [0.3, 0.4) is 0 Å². The number of para-hydroxylation sites is 1. The minimum absolute atomic E-state index is 0.113.